The number of ketones is 1. The fourth-order valence-corrected chi connectivity index (χ4v) is 4.16. The van der Waals surface area contributed by atoms with Gasteiger partial charge in [-0.1, -0.05) is 31.2 Å². The number of carbonyl (C=O) groups is 1. The fraction of sp³-hybridized carbons (Fsp3) is 0.267. The molecule has 0 aliphatic rings. The molecule has 0 spiro atoms. The second-order valence-electron chi connectivity index (χ2n) is 9.12. The zero-order chi connectivity index (χ0) is 25.5. The van der Waals surface area contributed by atoms with Gasteiger partial charge in [0.05, 0.1) is 6.10 Å². The molecule has 186 valence electrons. The van der Waals surface area contributed by atoms with Crippen molar-refractivity contribution in [1.29, 1.82) is 0 Å². The molecule has 6 nitrogen and oxygen atoms in total. The second-order valence-corrected chi connectivity index (χ2v) is 9.12. The van der Waals surface area contributed by atoms with Crippen molar-refractivity contribution in [1.82, 2.24) is 4.57 Å². The van der Waals surface area contributed by atoms with Crippen LogP contribution in [0.4, 0.5) is 5.69 Å². The SMILES string of the molecule is CCc1ccccc1C(Cn1cc[n+](CC(=O)c2ccc(OC(C)C)cc2)c1)Oc1ccc(N)cc1. The molecule has 1 heterocycles. The maximum atomic E-state index is 12.8. The predicted octanol–water partition coefficient (Wildman–Crippen LogP) is 5.41. The summed E-state index contributed by atoms with van der Waals surface area (Å²) in [5.74, 6) is 1.57. The van der Waals surface area contributed by atoms with Gasteiger partial charge in [0.15, 0.2) is 12.6 Å². The molecule has 0 amide bonds. The van der Waals surface area contributed by atoms with Crippen LogP contribution in [0.25, 0.3) is 0 Å². The summed E-state index contributed by atoms with van der Waals surface area (Å²) in [5, 5.41) is 0. The number of hydrogen-bond acceptors (Lipinski definition) is 4. The largest absolute Gasteiger partial charge is 0.491 e. The Morgan fingerprint density at radius 3 is 2.31 bits per heavy atom. The topological polar surface area (TPSA) is 70.4 Å². The summed E-state index contributed by atoms with van der Waals surface area (Å²) in [4.78, 5) is 12.8. The summed E-state index contributed by atoms with van der Waals surface area (Å²) in [6, 6.07) is 23.1. The minimum atomic E-state index is -0.199. The van der Waals surface area contributed by atoms with Crippen LogP contribution < -0.4 is 19.8 Å². The Morgan fingerprint density at radius 1 is 0.944 bits per heavy atom. The van der Waals surface area contributed by atoms with Crippen molar-refractivity contribution in [2.45, 2.75) is 52.5 Å². The average Bonchev–Trinajstić information content (AvgIpc) is 3.31. The number of ether oxygens (including phenoxy) is 2. The zero-order valence-corrected chi connectivity index (χ0v) is 21.1. The molecule has 1 aromatic heterocycles. The number of carbonyl (C=O) groups excluding carboxylic acids is 1. The molecule has 0 fully saturated rings. The molecule has 1 unspecified atom stereocenters. The van der Waals surface area contributed by atoms with E-state index in [0.717, 1.165) is 23.5 Å². The molecule has 0 saturated carbocycles. The third kappa shape index (κ3) is 6.54. The van der Waals surface area contributed by atoms with Gasteiger partial charge in [0.25, 0.3) is 0 Å². The van der Waals surface area contributed by atoms with Gasteiger partial charge >= 0.3 is 0 Å². The zero-order valence-electron chi connectivity index (χ0n) is 21.1. The first kappa shape index (κ1) is 25.0. The molecule has 6 heteroatoms. The van der Waals surface area contributed by atoms with Crippen LogP contribution >= 0.6 is 0 Å². The maximum Gasteiger partial charge on any atom is 0.244 e. The van der Waals surface area contributed by atoms with Crippen molar-refractivity contribution >= 4 is 11.5 Å². The van der Waals surface area contributed by atoms with Crippen LogP contribution in [0.2, 0.25) is 0 Å². The maximum absolute atomic E-state index is 12.8. The highest BCUT2D eigenvalue weighted by atomic mass is 16.5. The fourth-order valence-electron chi connectivity index (χ4n) is 4.16. The number of nitrogens with zero attached hydrogens (tertiary/aromatic N) is 2. The third-order valence-corrected chi connectivity index (χ3v) is 5.94. The summed E-state index contributed by atoms with van der Waals surface area (Å²) < 4.78 is 16.1. The molecule has 0 aliphatic heterocycles. The van der Waals surface area contributed by atoms with Crippen molar-refractivity contribution in [3.63, 3.8) is 0 Å². The van der Waals surface area contributed by atoms with E-state index in [1.165, 1.54) is 5.56 Å². The molecule has 36 heavy (non-hydrogen) atoms. The summed E-state index contributed by atoms with van der Waals surface area (Å²) in [6.45, 7) is 6.96. The lowest BCUT2D eigenvalue weighted by atomic mass is 10.00. The highest BCUT2D eigenvalue weighted by Gasteiger charge is 2.21. The Balaban J connectivity index is 1.48. The minimum Gasteiger partial charge on any atom is -0.491 e. The molecule has 0 saturated heterocycles. The Morgan fingerprint density at radius 2 is 1.61 bits per heavy atom. The van der Waals surface area contributed by atoms with Gasteiger partial charge in [-0.2, -0.15) is 0 Å². The van der Waals surface area contributed by atoms with Crippen LogP contribution in [-0.4, -0.2) is 16.5 Å². The smallest absolute Gasteiger partial charge is 0.244 e. The van der Waals surface area contributed by atoms with Crippen LogP contribution in [-0.2, 0) is 19.5 Å². The molecular formula is C30H34N3O3+. The molecule has 3 aromatic carbocycles. The first-order valence-electron chi connectivity index (χ1n) is 12.4. The number of aromatic nitrogens is 2. The van der Waals surface area contributed by atoms with Gasteiger partial charge in [-0.05, 0) is 79.9 Å². The first-order chi connectivity index (χ1) is 17.4. The summed E-state index contributed by atoms with van der Waals surface area (Å²) in [7, 11) is 0. The quantitative estimate of drug-likeness (QED) is 0.176. The van der Waals surface area contributed by atoms with E-state index in [-0.39, 0.29) is 24.5 Å². The third-order valence-electron chi connectivity index (χ3n) is 5.94. The van der Waals surface area contributed by atoms with E-state index in [4.69, 9.17) is 15.2 Å². The van der Waals surface area contributed by atoms with Gasteiger partial charge in [-0.25, -0.2) is 9.13 Å². The van der Waals surface area contributed by atoms with Crippen molar-refractivity contribution in [3.8, 4) is 11.5 Å². The van der Waals surface area contributed by atoms with Crippen LogP contribution in [0.5, 0.6) is 11.5 Å². The van der Waals surface area contributed by atoms with Gasteiger partial charge in [-0.15, -0.1) is 0 Å². The van der Waals surface area contributed by atoms with Gasteiger partial charge in [0.2, 0.25) is 12.1 Å². The van der Waals surface area contributed by atoms with E-state index >= 15 is 0 Å². The standard InChI is InChI=1S/C30H34N3O3/c1-4-23-7-5-6-8-28(23)30(36-27-15-11-25(31)12-16-27)20-33-18-17-32(21-33)19-29(34)24-9-13-26(14-10-24)35-22(2)3/h5-18,21-22,30H,4,19-20,31H2,1-3H3/q+1. The summed E-state index contributed by atoms with van der Waals surface area (Å²) in [6.07, 6.45) is 6.65. The monoisotopic (exact) mass is 484 g/mol. The Kier molecular flexibility index (Phi) is 8.06. The van der Waals surface area contributed by atoms with Crippen molar-refractivity contribution < 1.29 is 18.8 Å². The van der Waals surface area contributed by atoms with Gasteiger partial charge in [-0.3, -0.25) is 4.79 Å². The van der Waals surface area contributed by atoms with Gasteiger partial charge in [0.1, 0.15) is 30.4 Å². The van der Waals surface area contributed by atoms with Gasteiger partial charge in [0, 0.05) is 11.3 Å². The highest BCUT2D eigenvalue weighted by molar-refractivity contribution is 5.95. The minimum absolute atomic E-state index is 0.0415. The van der Waals surface area contributed by atoms with Crippen LogP contribution in [0.1, 0.15) is 48.4 Å². The van der Waals surface area contributed by atoms with E-state index in [0.29, 0.717) is 17.8 Å². The van der Waals surface area contributed by atoms with Crippen LogP contribution in [0.15, 0.2) is 91.5 Å². The molecular weight excluding hydrogens is 450 g/mol. The number of benzene rings is 3. The lowest BCUT2D eigenvalue weighted by Gasteiger charge is -2.20. The number of Topliss-reactive ketones (excluding diaryl/α,β-unsaturated/α-hetero) is 1. The second kappa shape index (κ2) is 11.6. The number of aryl methyl sites for hydroxylation is 1. The molecule has 4 aromatic rings. The van der Waals surface area contributed by atoms with E-state index in [1.54, 1.807) is 0 Å². The van der Waals surface area contributed by atoms with Crippen molar-refractivity contribution in [2.75, 3.05) is 5.73 Å². The summed E-state index contributed by atoms with van der Waals surface area (Å²) >= 11 is 0. The van der Waals surface area contributed by atoms with Crippen molar-refractivity contribution in [2.24, 2.45) is 0 Å². The molecule has 0 radical (unpaired) electrons. The van der Waals surface area contributed by atoms with Crippen LogP contribution in [0, 0.1) is 0 Å². The summed E-state index contributed by atoms with van der Waals surface area (Å²) in [5.41, 5.74) is 9.61. The van der Waals surface area contributed by atoms with Crippen molar-refractivity contribution in [3.05, 3.63) is 108 Å². The molecule has 2 N–H and O–H groups in total. The average molecular weight is 485 g/mol. The first-order valence-corrected chi connectivity index (χ1v) is 12.4. The number of hydrogen-bond donors (Lipinski definition) is 1. The highest BCUT2D eigenvalue weighted by Crippen LogP contribution is 2.27. The molecule has 0 bridgehead atoms. The van der Waals surface area contributed by atoms with E-state index in [1.807, 2.05) is 91.7 Å². The van der Waals surface area contributed by atoms with E-state index < -0.39 is 0 Å². The number of anilines is 1. The number of imidazole rings is 1. The van der Waals surface area contributed by atoms with E-state index in [2.05, 4.69) is 29.7 Å². The normalized spacial score (nSPS) is 11.9. The Bertz CT molecular complexity index is 1280. The predicted molar refractivity (Wildman–Crippen MR) is 141 cm³/mol. The van der Waals surface area contributed by atoms with E-state index in [9.17, 15) is 4.79 Å². The number of rotatable bonds is 11. The molecule has 1 atom stereocenters. The lowest BCUT2D eigenvalue weighted by molar-refractivity contribution is -0.682. The van der Waals surface area contributed by atoms with Gasteiger partial charge < -0.3 is 15.2 Å². The lowest BCUT2D eigenvalue weighted by Crippen LogP contribution is -2.36. The Labute approximate surface area is 212 Å². The Hall–Kier alpha value is -4.06. The van der Waals surface area contributed by atoms with Crippen LogP contribution in [0.3, 0.4) is 0 Å². The molecule has 4 rings (SSSR count). The number of nitrogen functional groups attached to an aromatic ring is 1. The molecule has 0 aliphatic carbocycles. The number of nitrogens with two attached hydrogens (primary N) is 1.